The molecule has 0 atom stereocenters. The lowest BCUT2D eigenvalue weighted by Gasteiger charge is -2.18. The van der Waals surface area contributed by atoms with Crippen molar-refractivity contribution < 1.29 is 14.3 Å². The topological polar surface area (TPSA) is 55.4 Å². The maximum atomic E-state index is 10.9. The molecule has 70 valence electrons. The van der Waals surface area contributed by atoms with Crippen LogP contribution >= 0.6 is 0 Å². The predicted molar refractivity (Wildman–Crippen MR) is 44.5 cm³/mol. The molecule has 1 amide bonds. The summed E-state index contributed by atoms with van der Waals surface area (Å²) in [6, 6.07) is 0. The first kappa shape index (κ1) is 10.9. The highest BCUT2D eigenvalue weighted by molar-refractivity contribution is 6.32. The molecule has 0 fully saturated rings. The van der Waals surface area contributed by atoms with Gasteiger partial charge in [0.15, 0.2) is 0 Å². The molecule has 0 radical (unpaired) electrons. The Balaban J connectivity index is 3.97. The summed E-state index contributed by atoms with van der Waals surface area (Å²) in [4.78, 5) is 21.7. The Hall–Kier alpha value is -1.06. The van der Waals surface area contributed by atoms with Crippen LogP contribution in [0.4, 0.5) is 0 Å². The van der Waals surface area contributed by atoms with Gasteiger partial charge in [0.1, 0.15) is 5.60 Å². The van der Waals surface area contributed by atoms with E-state index >= 15 is 0 Å². The Morgan fingerprint density at radius 1 is 1.33 bits per heavy atom. The van der Waals surface area contributed by atoms with Crippen molar-refractivity contribution in [3.63, 3.8) is 0 Å². The molecular formula is C8H15NO3. The van der Waals surface area contributed by atoms with E-state index in [1.165, 1.54) is 0 Å². The average Bonchev–Trinajstić information content (AvgIpc) is 1.84. The number of likely N-dealkylation sites (N-methyl/N-ethyl adjacent to an activating group) is 1. The van der Waals surface area contributed by atoms with Crippen LogP contribution in [0.3, 0.4) is 0 Å². The molecule has 0 saturated carbocycles. The van der Waals surface area contributed by atoms with Crippen LogP contribution in [0.1, 0.15) is 27.7 Å². The van der Waals surface area contributed by atoms with Crippen molar-refractivity contribution in [1.29, 1.82) is 0 Å². The molecule has 0 saturated heterocycles. The smallest absolute Gasteiger partial charge is 0.397 e. The lowest BCUT2D eigenvalue weighted by Crippen LogP contribution is -2.36. The van der Waals surface area contributed by atoms with Gasteiger partial charge in [-0.3, -0.25) is 4.79 Å². The van der Waals surface area contributed by atoms with Gasteiger partial charge in [0.2, 0.25) is 0 Å². The van der Waals surface area contributed by atoms with Crippen molar-refractivity contribution in [2.45, 2.75) is 33.3 Å². The highest BCUT2D eigenvalue weighted by atomic mass is 16.6. The van der Waals surface area contributed by atoms with Crippen LogP contribution in [0, 0.1) is 0 Å². The van der Waals surface area contributed by atoms with E-state index in [0.717, 1.165) is 0 Å². The lowest BCUT2D eigenvalue weighted by atomic mass is 10.2. The van der Waals surface area contributed by atoms with Gasteiger partial charge < -0.3 is 10.1 Å². The molecule has 0 aliphatic heterocycles. The first-order valence-electron chi connectivity index (χ1n) is 3.88. The number of hydrogen-bond acceptors (Lipinski definition) is 3. The van der Waals surface area contributed by atoms with Crippen LogP contribution < -0.4 is 5.32 Å². The summed E-state index contributed by atoms with van der Waals surface area (Å²) in [6.45, 7) is 7.30. The maximum Gasteiger partial charge on any atom is 0.397 e. The van der Waals surface area contributed by atoms with Crippen molar-refractivity contribution in [2.24, 2.45) is 0 Å². The van der Waals surface area contributed by atoms with E-state index in [4.69, 9.17) is 4.74 Å². The average molecular weight is 173 g/mol. The Bertz CT molecular complexity index is 181. The van der Waals surface area contributed by atoms with E-state index in [-0.39, 0.29) is 0 Å². The Labute approximate surface area is 72.3 Å². The summed E-state index contributed by atoms with van der Waals surface area (Å²) >= 11 is 0. The number of rotatable bonds is 1. The molecule has 1 N–H and O–H groups in total. The second-order valence-corrected chi connectivity index (χ2v) is 3.36. The van der Waals surface area contributed by atoms with Gasteiger partial charge in [-0.25, -0.2) is 4.79 Å². The summed E-state index contributed by atoms with van der Waals surface area (Å²) in [7, 11) is 0. The molecule has 0 aromatic rings. The normalized spacial score (nSPS) is 10.7. The molecule has 0 aromatic carbocycles. The van der Waals surface area contributed by atoms with E-state index < -0.39 is 17.5 Å². The number of ether oxygens (including phenoxy) is 1. The molecule has 0 aliphatic carbocycles. The highest BCUT2D eigenvalue weighted by Gasteiger charge is 2.21. The first-order valence-corrected chi connectivity index (χ1v) is 3.88. The fourth-order valence-corrected chi connectivity index (χ4v) is 0.557. The van der Waals surface area contributed by atoms with Crippen LogP contribution in [-0.4, -0.2) is 24.0 Å². The monoisotopic (exact) mass is 173 g/mol. The Kier molecular flexibility index (Phi) is 3.73. The first-order chi connectivity index (χ1) is 5.37. The maximum absolute atomic E-state index is 10.9. The molecule has 0 unspecified atom stereocenters. The van der Waals surface area contributed by atoms with Crippen molar-refractivity contribution in [3.8, 4) is 0 Å². The summed E-state index contributed by atoms with van der Waals surface area (Å²) in [5.41, 5.74) is -0.609. The minimum Gasteiger partial charge on any atom is -0.453 e. The van der Waals surface area contributed by atoms with Crippen LogP contribution in [0.15, 0.2) is 0 Å². The summed E-state index contributed by atoms with van der Waals surface area (Å²) in [5, 5.41) is 2.35. The third-order valence-corrected chi connectivity index (χ3v) is 0.922. The minimum absolute atomic E-state index is 0.429. The van der Waals surface area contributed by atoms with Gasteiger partial charge in [0.05, 0.1) is 0 Å². The number of nitrogens with one attached hydrogen (secondary N) is 1. The summed E-state index contributed by atoms with van der Waals surface area (Å²) < 4.78 is 4.80. The van der Waals surface area contributed by atoms with Crippen LogP contribution in [0.25, 0.3) is 0 Å². The quantitative estimate of drug-likeness (QED) is 0.463. The zero-order chi connectivity index (χ0) is 9.78. The zero-order valence-corrected chi connectivity index (χ0v) is 7.93. The minimum atomic E-state index is -0.829. The second-order valence-electron chi connectivity index (χ2n) is 3.36. The van der Waals surface area contributed by atoms with E-state index in [1.54, 1.807) is 27.7 Å². The number of carbonyl (C=O) groups is 2. The summed E-state index contributed by atoms with van der Waals surface area (Å²) in [5.74, 6) is -1.52. The molecule has 0 aromatic heterocycles. The van der Waals surface area contributed by atoms with Crippen molar-refractivity contribution in [3.05, 3.63) is 0 Å². The zero-order valence-electron chi connectivity index (χ0n) is 7.93. The van der Waals surface area contributed by atoms with Gasteiger partial charge in [0, 0.05) is 6.54 Å². The summed E-state index contributed by atoms with van der Waals surface area (Å²) in [6.07, 6.45) is 0. The van der Waals surface area contributed by atoms with Crippen LogP contribution in [0.5, 0.6) is 0 Å². The van der Waals surface area contributed by atoms with Gasteiger partial charge in [-0.15, -0.1) is 0 Å². The molecule has 0 bridgehead atoms. The standard InChI is InChI=1S/C8H15NO3/c1-5-9-6(10)7(11)12-8(2,3)4/h5H2,1-4H3,(H,9,10). The highest BCUT2D eigenvalue weighted by Crippen LogP contribution is 2.06. The van der Waals surface area contributed by atoms with Gasteiger partial charge in [-0.1, -0.05) is 0 Å². The molecule has 0 aliphatic rings. The fraction of sp³-hybridized carbons (Fsp3) is 0.750. The SMILES string of the molecule is CCNC(=O)C(=O)OC(C)(C)C. The third-order valence-electron chi connectivity index (χ3n) is 0.922. The van der Waals surface area contributed by atoms with Crippen molar-refractivity contribution >= 4 is 11.9 Å². The lowest BCUT2D eigenvalue weighted by molar-refractivity contribution is -0.163. The number of esters is 1. The largest absolute Gasteiger partial charge is 0.453 e. The number of hydrogen-bond donors (Lipinski definition) is 1. The number of carbonyl (C=O) groups excluding carboxylic acids is 2. The van der Waals surface area contributed by atoms with E-state index in [1.807, 2.05) is 0 Å². The van der Waals surface area contributed by atoms with E-state index in [9.17, 15) is 9.59 Å². The Morgan fingerprint density at radius 2 is 1.83 bits per heavy atom. The van der Waals surface area contributed by atoms with Crippen LogP contribution in [-0.2, 0) is 14.3 Å². The van der Waals surface area contributed by atoms with Gasteiger partial charge in [-0.2, -0.15) is 0 Å². The van der Waals surface area contributed by atoms with Gasteiger partial charge >= 0.3 is 11.9 Å². The molecule has 4 heteroatoms. The molecule has 0 heterocycles. The van der Waals surface area contributed by atoms with Gasteiger partial charge in [0.25, 0.3) is 0 Å². The van der Waals surface area contributed by atoms with Crippen molar-refractivity contribution in [2.75, 3.05) is 6.54 Å². The third kappa shape index (κ3) is 4.71. The van der Waals surface area contributed by atoms with Gasteiger partial charge in [-0.05, 0) is 27.7 Å². The van der Waals surface area contributed by atoms with Crippen LogP contribution in [0.2, 0.25) is 0 Å². The van der Waals surface area contributed by atoms with E-state index in [0.29, 0.717) is 6.54 Å². The molecular weight excluding hydrogens is 158 g/mol. The molecule has 12 heavy (non-hydrogen) atoms. The second kappa shape index (κ2) is 4.09. The molecule has 0 spiro atoms. The molecule has 0 rings (SSSR count). The Morgan fingerprint density at radius 3 is 2.17 bits per heavy atom. The fourth-order valence-electron chi connectivity index (χ4n) is 0.557. The number of amides is 1. The van der Waals surface area contributed by atoms with Crippen molar-refractivity contribution in [1.82, 2.24) is 5.32 Å². The molecule has 4 nitrogen and oxygen atoms in total. The predicted octanol–water partition coefficient (Wildman–Crippen LogP) is 0.464. The van der Waals surface area contributed by atoms with E-state index in [2.05, 4.69) is 5.32 Å².